The summed E-state index contributed by atoms with van der Waals surface area (Å²) in [6, 6.07) is 6.88. The molecule has 0 atom stereocenters. The number of benzene rings is 1. The van der Waals surface area contributed by atoms with E-state index in [9.17, 15) is 9.18 Å². The number of nitrogens with two attached hydrogens (primary N) is 1. The van der Waals surface area contributed by atoms with Crippen molar-refractivity contribution in [3.05, 3.63) is 47.4 Å². The first-order chi connectivity index (χ1) is 14.5. The molecule has 162 valence electrons. The molecule has 0 aliphatic carbocycles. The van der Waals surface area contributed by atoms with Gasteiger partial charge in [0.05, 0.1) is 18.8 Å². The van der Waals surface area contributed by atoms with E-state index in [1.807, 2.05) is 13.8 Å². The number of carbonyl (C=O) groups excluding carboxylic acids is 1. The topological polar surface area (TPSA) is 89.7 Å². The van der Waals surface area contributed by atoms with Gasteiger partial charge in [0, 0.05) is 31.9 Å². The average Bonchev–Trinajstić information content (AvgIpc) is 2.73. The minimum absolute atomic E-state index is 0.109. The summed E-state index contributed by atoms with van der Waals surface area (Å²) in [6.45, 7) is 6.76. The molecule has 0 unspecified atom stereocenters. The lowest BCUT2D eigenvalue weighted by Crippen LogP contribution is -2.44. The zero-order valence-corrected chi connectivity index (χ0v) is 17.5. The van der Waals surface area contributed by atoms with Crippen molar-refractivity contribution in [3.63, 3.8) is 0 Å². The van der Waals surface area contributed by atoms with E-state index in [2.05, 4.69) is 15.2 Å². The number of piperidine rings is 1. The van der Waals surface area contributed by atoms with E-state index in [1.54, 1.807) is 24.3 Å². The van der Waals surface area contributed by atoms with Gasteiger partial charge in [-0.25, -0.2) is 4.98 Å². The van der Waals surface area contributed by atoms with Crippen LogP contribution in [0.15, 0.2) is 30.5 Å². The molecule has 2 aromatic rings. The molecule has 0 bridgehead atoms. The number of pyridine rings is 1. The van der Waals surface area contributed by atoms with Crippen LogP contribution in [0, 0.1) is 5.82 Å². The van der Waals surface area contributed by atoms with E-state index in [0.29, 0.717) is 31.1 Å². The van der Waals surface area contributed by atoms with Crippen LogP contribution >= 0.6 is 0 Å². The van der Waals surface area contributed by atoms with Gasteiger partial charge in [0.2, 0.25) is 5.82 Å². The molecule has 3 N–H and O–H groups in total. The zero-order chi connectivity index (χ0) is 21.5. The normalized spacial score (nSPS) is 15.0. The molecule has 30 heavy (non-hydrogen) atoms. The monoisotopic (exact) mass is 416 g/mol. The number of nitrogens with one attached hydrogen (secondary N) is 1. The second kappa shape index (κ2) is 10.2. The number of ether oxygens (including phenoxy) is 2. The van der Waals surface area contributed by atoms with E-state index in [-0.39, 0.29) is 23.4 Å². The molecule has 1 amide bonds. The van der Waals surface area contributed by atoms with Crippen molar-refractivity contribution in [1.29, 1.82) is 0 Å². The van der Waals surface area contributed by atoms with E-state index >= 15 is 0 Å². The summed E-state index contributed by atoms with van der Waals surface area (Å²) in [5.41, 5.74) is 7.01. The summed E-state index contributed by atoms with van der Waals surface area (Å²) >= 11 is 0. The van der Waals surface area contributed by atoms with Gasteiger partial charge in [0.25, 0.3) is 5.91 Å². The summed E-state index contributed by atoms with van der Waals surface area (Å²) in [4.78, 5) is 18.6. The third-order valence-corrected chi connectivity index (χ3v) is 5.04. The number of halogens is 1. The Bertz CT molecular complexity index is 825. The minimum atomic E-state index is -0.457. The van der Waals surface area contributed by atoms with Gasteiger partial charge < -0.3 is 20.5 Å². The lowest BCUT2D eigenvalue weighted by Gasteiger charge is -2.32. The van der Waals surface area contributed by atoms with Crippen LogP contribution in [-0.2, 0) is 6.54 Å². The van der Waals surface area contributed by atoms with Crippen molar-refractivity contribution in [2.24, 2.45) is 0 Å². The predicted molar refractivity (Wildman–Crippen MR) is 113 cm³/mol. The summed E-state index contributed by atoms with van der Waals surface area (Å²) in [7, 11) is 0. The highest BCUT2D eigenvalue weighted by Gasteiger charge is 2.22. The summed E-state index contributed by atoms with van der Waals surface area (Å²) in [6.07, 6.45) is 3.16. The fraction of sp³-hybridized carbons (Fsp3) is 0.455. The van der Waals surface area contributed by atoms with Crippen molar-refractivity contribution in [2.75, 3.05) is 32.0 Å². The highest BCUT2D eigenvalue weighted by Crippen LogP contribution is 2.30. The number of hydrogen-bond acceptors (Lipinski definition) is 6. The van der Waals surface area contributed by atoms with Crippen LogP contribution in [0.3, 0.4) is 0 Å². The van der Waals surface area contributed by atoms with E-state index < -0.39 is 5.82 Å². The first-order valence-corrected chi connectivity index (χ1v) is 10.3. The molecule has 3 rings (SSSR count). The zero-order valence-electron chi connectivity index (χ0n) is 17.5. The van der Waals surface area contributed by atoms with Gasteiger partial charge in [-0.2, -0.15) is 4.39 Å². The van der Waals surface area contributed by atoms with Crippen molar-refractivity contribution in [1.82, 2.24) is 15.2 Å². The Hall–Kier alpha value is -2.87. The van der Waals surface area contributed by atoms with Crippen LogP contribution in [0.4, 0.5) is 10.2 Å². The van der Waals surface area contributed by atoms with Crippen molar-refractivity contribution < 1.29 is 18.7 Å². The number of amides is 1. The molecular formula is C22H29FN4O3. The lowest BCUT2D eigenvalue weighted by molar-refractivity contribution is 0.0908. The first kappa shape index (κ1) is 21.8. The Labute approximate surface area is 176 Å². The molecule has 1 aromatic carbocycles. The maximum atomic E-state index is 14.4. The Morgan fingerprint density at radius 1 is 1.20 bits per heavy atom. The quantitative estimate of drug-likeness (QED) is 0.688. The van der Waals surface area contributed by atoms with Crippen LogP contribution in [0.1, 0.15) is 42.6 Å². The second-order valence-electron chi connectivity index (χ2n) is 7.27. The van der Waals surface area contributed by atoms with Gasteiger partial charge in [-0.15, -0.1) is 0 Å². The lowest BCUT2D eigenvalue weighted by atomic mass is 10.0. The van der Waals surface area contributed by atoms with Gasteiger partial charge in [0.1, 0.15) is 5.82 Å². The van der Waals surface area contributed by atoms with Crippen molar-refractivity contribution >= 4 is 11.7 Å². The molecule has 0 spiro atoms. The molecular weight excluding hydrogens is 387 g/mol. The minimum Gasteiger partial charge on any atom is -0.491 e. The Morgan fingerprint density at radius 2 is 1.83 bits per heavy atom. The summed E-state index contributed by atoms with van der Waals surface area (Å²) in [5.74, 6) is 0.235. The van der Waals surface area contributed by atoms with Gasteiger partial charge in [0.15, 0.2) is 11.5 Å². The number of hydrogen-bond donors (Lipinski definition) is 2. The smallest absolute Gasteiger partial charge is 0.253 e. The molecule has 7 nitrogen and oxygen atoms in total. The average molecular weight is 416 g/mol. The van der Waals surface area contributed by atoms with Crippen LogP contribution < -0.4 is 20.5 Å². The number of anilines is 1. The second-order valence-corrected chi connectivity index (χ2v) is 7.27. The van der Waals surface area contributed by atoms with Crippen LogP contribution in [0.25, 0.3) is 0 Å². The molecule has 1 aliphatic heterocycles. The Kier molecular flexibility index (Phi) is 7.46. The molecule has 1 fully saturated rings. The number of nitrogen functional groups attached to an aromatic ring is 1. The van der Waals surface area contributed by atoms with Crippen LogP contribution in [0.5, 0.6) is 11.5 Å². The number of nitrogens with zero attached hydrogens (tertiary/aromatic N) is 2. The number of rotatable bonds is 8. The molecule has 1 aromatic heterocycles. The van der Waals surface area contributed by atoms with E-state index in [1.165, 1.54) is 6.20 Å². The van der Waals surface area contributed by atoms with Gasteiger partial charge in [-0.1, -0.05) is 0 Å². The van der Waals surface area contributed by atoms with Crippen molar-refractivity contribution in [3.8, 4) is 11.5 Å². The van der Waals surface area contributed by atoms with Crippen molar-refractivity contribution in [2.45, 2.75) is 39.3 Å². The molecule has 1 aliphatic rings. The summed E-state index contributed by atoms with van der Waals surface area (Å²) < 4.78 is 25.3. The molecule has 0 saturated carbocycles. The number of carbonyl (C=O) groups is 1. The molecule has 0 radical (unpaired) electrons. The SMILES string of the molecule is CCOc1cc(CN2CCC(NC(=O)c3ccc(N)nc3)CC2)cc(OCC)c1F. The van der Waals surface area contributed by atoms with Gasteiger partial charge in [-0.3, -0.25) is 9.69 Å². The molecule has 1 saturated heterocycles. The summed E-state index contributed by atoms with van der Waals surface area (Å²) in [5, 5.41) is 3.06. The maximum absolute atomic E-state index is 14.4. The molecule has 8 heteroatoms. The highest BCUT2D eigenvalue weighted by atomic mass is 19.1. The fourth-order valence-corrected chi connectivity index (χ4v) is 3.54. The van der Waals surface area contributed by atoms with Gasteiger partial charge >= 0.3 is 0 Å². The van der Waals surface area contributed by atoms with Crippen LogP contribution in [-0.4, -0.2) is 48.1 Å². The fourth-order valence-electron chi connectivity index (χ4n) is 3.54. The third-order valence-electron chi connectivity index (χ3n) is 5.04. The Balaban J connectivity index is 1.56. The number of aromatic nitrogens is 1. The van der Waals surface area contributed by atoms with Crippen LogP contribution in [0.2, 0.25) is 0 Å². The molecule has 2 heterocycles. The highest BCUT2D eigenvalue weighted by molar-refractivity contribution is 5.94. The standard InChI is InChI=1S/C22H29FN4O3/c1-3-29-18-11-15(12-19(21(18)23)30-4-2)14-27-9-7-17(8-10-27)26-22(28)16-5-6-20(24)25-13-16/h5-6,11-13,17H,3-4,7-10,14H2,1-2H3,(H2,24,25)(H,26,28). The Morgan fingerprint density at radius 3 is 2.37 bits per heavy atom. The first-order valence-electron chi connectivity index (χ1n) is 10.3. The van der Waals surface area contributed by atoms with E-state index in [0.717, 1.165) is 31.5 Å². The van der Waals surface area contributed by atoms with Gasteiger partial charge in [-0.05, 0) is 56.5 Å². The third kappa shape index (κ3) is 5.60. The number of likely N-dealkylation sites (tertiary alicyclic amines) is 1. The predicted octanol–water partition coefficient (Wildman–Crippen LogP) is 2.99. The maximum Gasteiger partial charge on any atom is 0.253 e. The van der Waals surface area contributed by atoms with E-state index in [4.69, 9.17) is 15.2 Å². The largest absolute Gasteiger partial charge is 0.491 e.